The van der Waals surface area contributed by atoms with Crippen LogP contribution in [0.5, 0.6) is 0 Å². The molecule has 0 heterocycles. The van der Waals surface area contributed by atoms with Crippen LogP contribution >= 0.6 is 0 Å². The monoisotopic (exact) mass is 214 g/mol. The van der Waals surface area contributed by atoms with E-state index in [1.54, 1.807) is 0 Å². The Kier molecular flexibility index (Phi) is 11.9. The summed E-state index contributed by atoms with van der Waals surface area (Å²) >= 11 is 0. The molecule has 2 heteroatoms. The number of rotatable bonds is 11. The topological polar surface area (TPSA) is 15.3 Å². The van der Waals surface area contributed by atoms with Gasteiger partial charge in [0.25, 0.3) is 0 Å². The Morgan fingerprint density at radius 3 is 2.00 bits per heavy atom. The summed E-state index contributed by atoms with van der Waals surface area (Å²) in [5.41, 5.74) is 0. The van der Waals surface area contributed by atoms with Crippen molar-refractivity contribution in [2.75, 3.05) is 33.7 Å². The number of nitrogens with one attached hydrogen (secondary N) is 1. The molecule has 0 spiro atoms. The van der Waals surface area contributed by atoms with Crippen LogP contribution in [0.3, 0.4) is 0 Å². The fourth-order valence-corrected chi connectivity index (χ4v) is 1.63. The molecule has 15 heavy (non-hydrogen) atoms. The molecule has 0 fully saturated rings. The van der Waals surface area contributed by atoms with E-state index < -0.39 is 0 Å². The van der Waals surface area contributed by atoms with Crippen LogP contribution in [0, 0.1) is 0 Å². The Morgan fingerprint density at radius 1 is 0.800 bits per heavy atom. The second kappa shape index (κ2) is 12.0. The number of hydrogen-bond acceptors (Lipinski definition) is 2. The van der Waals surface area contributed by atoms with Crippen LogP contribution < -0.4 is 5.32 Å². The summed E-state index contributed by atoms with van der Waals surface area (Å²) in [5.74, 6) is 0. The van der Waals surface area contributed by atoms with E-state index in [9.17, 15) is 0 Å². The maximum absolute atomic E-state index is 3.48. The molecule has 0 bridgehead atoms. The lowest BCUT2D eigenvalue weighted by Crippen LogP contribution is -2.27. The molecule has 0 saturated carbocycles. The minimum atomic E-state index is 1.13. The maximum atomic E-state index is 3.48. The predicted octanol–water partition coefficient (Wildman–Crippen LogP) is 2.89. The zero-order chi connectivity index (χ0) is 11.4. The summed E-state index contributed by atoms with van der Waals surface area (Å²) in [5, 5.41) is 3.48. The highest BCUT2D eigenvalue weighted by molar-refractivity contribution is 4.52. The SMILES string of the molecule is CCCCCCCCCNCCN(C)C. The molecule has 2 nitrogen and oxygen atoms in total. The normalized spacial score (nSPS) is 11.2. The molecule has 0 aromatic carbocycles. The van der Waals surface area contributed by atoms with Crippen LogP contribution in [0.2, 0.25) is 0 Å². The summed E-state index contributed by atoms with van der Waals surface area (Å²) in [7, 11) is 4.24. The third kappa shape index (κ3) is 13.9. The van der Waals surface area contributed by atoms with Crippen molar-refractivity contribution in [3.8, 4) is 0 Å². The standard InChI is InChI=1S/C13H30N2/c1-4-5-6-7-8-9-10-11-14-12-13-15(2)3/h14H,4-13H2,1-3H3. The average molecular weight is 214 g/mol. The molecule has 92 valence electrons. The number of nitrogens with zero attached hydrogens (tertiary/aromatic N) is 1. The molecular formula is C13H30N2. The van der Waals surface area contributed by atoms with Gasteiger partial charge in [-0.25, -0.2) is 0 Å². The van der Waals surface area contributed by atoms with Crippen LogP contribution in [-0.2, 0) is 0 Å². The summed E-state index contributed by atoms with van der Waals surface area (Å²) in [6, 6.07) is 0. The first-order chi connectivity index (χ1) is 7.27. The average Bonchev–Trinajstić information content (AvgIpc) is 2.20. The quantitative estimate of drug-likeness (QED) is 0.532. The summed E-state index contributed by atoms with van der Waals surface area (Å²) < 4.78 is 0. The highest BCUT2D eigenvalue weighted by Crippen LogP contribution is 2.05. The highest BCUT2D eigenvalue weighted by atomic mass is 15.1. The van der Waals surface area contributed by atoms with Crippen molar-refractivity contribution in [2.24, 2.45) is 0 Å². The van der Waals surface area contributed by atoms with E-state index in [2.05, 4.69) is 31.2 Å². The number of hydrogen-bond donors (Lipinski definition) is 1. The minimum absolute atomic E-state index is 1.13. The molecule has 0 rings (SSSR count). The predicted molar refractivity (Wildman–Crippen MR) is 69.4 cm³/mol. The van der Waals surface area contributed by atoms with Crippen LogP contribution in [-0.4, -0.2) is 38.6 Å². The lowest BCUT2D eigenvalue weighted by molar-refractivity contribution is 0.398. The van der Waals surface area contributed by atoms with Gasteiger partial charge in [-0.3, -0.25) is 0 Å². The van der Waals surface area contributed by atoms with Gasteiger partial charge in [-0.1, -0.05) is 45.4 Å². The van der Waals surface area contributed by atoms with Gasteiger partial charge in [-0.05, 0) is 27.1 Å². The van der Waals surface area contributed by atoms with E-state index in [-0.39, 0.29) is 0 Å². The first-order valence-corrected chi connectivity index (χ1v) is 6.62. The third-order valence-electron chi connectivity index (χ3n) is 2.69. The van der Waals surface area contributed by atoms with Crippen LogP contribution in [0.1, 0.15) is 51.9 Å². The summed E-state index contributed by atoms with van der Waals surface area (Å²) in [4.78, 5) is 2.22. The Morgan fingerprint density at radius 2 is 1.40 bits per heavy atom. The fourth-order valence-electron chi connectivity index (χ4n) is 1.63. The maximum Gasteiger partial charge on any atom is 0.0101 e. The van der Waals surface area contributed by atoms with Crippen molar-refractivity contribution in [1.29, 1.82) is 0 Å². The molecule has 0 unspecified atom stereocenters. The Labute approximate surface area is 96.4 Å². The molecule has 0 saturated heterocycles. The second-order valence-electron chi connectivity index (χ2n) is 4.67. The van der Waals surface area contributed by atoms with E-state index in [1.165, 1.54) is 51.5 Å². The van der Waals surface area contributed by atoms with Gasteiger partial charge in [0.05, 0.1) is 0 Å². The lowest BCUT2D eigenvalue weighted by atomic mass is 10.1. The summed E-state index contributed by atoms with van der Waals surface area (Å²) in [6.07, 6.45) is 9.82. The molecule has 1 N–H and O–H groups in total. The van der Waals surface area contributed by atoms with Crippen molar-refractivity contribution in [1.82, 2.24) is 10.2 Å². The van der Waals surface area contributed by atoms with Crippen LogP contribution in [0.15, 0.2) is 0 Å². The van der Waals surface area contributed by atoms with Crippen LogP contribution in [0.25, 0.3) is 0 Å². The van der Waals surface area contributed by atoms with Gasteiger partial charge >= 0.3 is 0 Å². The molecule has 0 aliphatic rings. The zero-order valence-electron chi connectivity index (χ0n) is 11.0. The minimum Gasteiger partial charge on any atom is -0.315 e. The molecule has 0 atom stereocenters. The Balaban J connectivity index is 2.87. The van der Waals surface area contributed by atoms with E-state index >= 15 is 0 Å². The molecule has 0 radical (unpaired) electrons. The van der Waals surface area contributed by atoms with E-state index in [0.29, 0.717) is 0 Å². The van der Waals surface area contributed by atoms with Gasteiger partial charge in [-0.15, -0.1) is 0 Å². The van der Waals surface area contributed by atoms with E-state index in [0.717, 1.165) is 13.1 Å². The first-order valence-electron chi connectivity index (χ1n) is 6.62. The van der Waals surface area contributed by atoms with Gasteiger partial charge in [-0.2, -0.15) is 0 Å². The number of unbranched alkanes of at least 4 members (excludes halogenated alkanes) is 6. The smallest absolute Gasteiger partial charge is 0.0101 e. The molecular weight excluding hydrogens is 184 g/mol. The number of likely N-dealkylation sites (N-methyl/N-ethyl adjacent to an activating group) is 1. The molecule has 0 aromatic heterocycles. The molecule has 0 aliphatic carbocycles. The fraction of sp³-hybridized carbons (Fsp3) is 1.00. The third-order valence-corrected chi connectivity index (χ3v) is 2.69. The van der Waals surface area contributed by atoms with Crippen LogP contribution in [0.4, 0.5) is 0 Å². The van der Waals surface area contributed by atoms with Gasteiger partial charge < -0.3 is 10.2 Å². The van der Waals surface area contributed by atoms with E-state index in [4.69, 9.17) is 0 Å². The Hall–Kier alpha value is -0.0800. The van der Waals surface area contributed by atoms with Gasteiger partial charge in [0, 0.05) is 13.1 Å². The molecule has 0 aliphatic heterocycles. The van der Waals surface area contributed by atoms with Gasteiger partial charge in [0.2, 0.25) is 0 Å². The highest BCUT2D eigenvalue weighted by Gasteiger charge is 1.92. The zero-order valence-corrected chi connectivity index (χ0v) is 11.0. The van der Waals surface area contributed by atoms with Crippen molar-refractivity contribution in [3.63, 3.8) is 0 Å². The lowest BCUT2D eigenvalue weighted by Gasteiger charge is -2.10. The first kappa shape index (κ1) is 14.9. The summed E-state index contributed by atoms with van der Waals surface area (Å²) in [6.45, 7) is 5.75. The van der Waals surface area contributed by atoms with Gasteiger partial charge in [0.15, 0.2) is 0 Å². The largest absolute Gasteiger partial charge is 0.315 e. The van der Waals surface area contributed by atoms with E-state index in [1.807, 2.05) is 0 Å². The Bertz CT molecular complexity index is 113. The second-order valence-corrected chi connectivity index (χ2v) is 4.67. The van der Waals surface area contributed by atoms with Gasteiger partial charge in [0.1, 0.15) is 0 Å². The van der Waals surface area contributed by atoms with Crippen molar-refractivity contribution >= 4 is 0 Å². The molecule has 0 amide bonds. The van der Waals surface area contributed by atoms with Crippen molar-refractivity contribution in [3.05, 3.63) is 0 Å². The molecule has 0 aromatic rings. The van der Waals surface area contributed by atoms with Crippen molar-refractivity contribution < 1.29 is 0 Å². The van der Waals surface area contributed by atoms with Crippen molar-refractivity contribution in [2.45, 2.75) is 51.9 Å².